The topological polar surface area (TPSA) is 32.3 Å². The Morgan fingerprint density at radius 2 is 2.00 bits per heavy atom. The van der Waals surface area contributed by atoms with Gasteiger partial charge in [0.05, 0.1) is 0 Å². The highest BCUT2D eigenvalue weighted by atomic mass is 16.1. The molecular formula is C15H20N2O. The molecule has 1 saturated heterocycles. The molecule has 0 spiro atoms. The Morgan fingerprint density at radius 3 is 2.67 bits per heavy atom. The predicted octanol–water partition coefficient (Wildman–Crippen LogP) is 3.19. The van der Waals surface area contributed by atoms with Crippen LogP contribution in [0.4, 0.5) is 11.4 Å². The van der Waals surface area contributed by atoms with Gasteiger partial charge < -0.3 is 10.2 Å². The lowest BCUT2D eigenvalue weighted by Crippen LogP contribution is -2.18. The van der Waals surface area contributed by atoms with Gasteiger partial charge in [0.1, 0.15) is 0 Å². The van der Waals surface area contributed by atoms with Crippen LogP contribution in [0.3, 0.4) is 0 Å². The molecule has 0 aliphatic carbocycles. The molecule has 1 aromatic rings. The molecular weight excluding hydrogens is 224 g/mol. The number of carbonyl (C=O) groups is 1. The molecule has 0 saturated carbocycles. The van der Waals surface area contributed by atoms with Crippen molar-refractivity contribution in [3.63, 3.8) is 0 Å². The summed E-state index contributed by atoms with van der Waals surface area (Å²) in [4.78, 5) is 14.0. The third-order valence-corrected chi connectivity index (χ3v) is 3.00. The molecule has 18 heavy (non-hydrogen) atoms. The van der Waals surface area contributed by atoms with E-state index in [1.807, 2.05) is 32.0 Å². The van der Waals surface area contributed by atoms with Gasteiger partial charge in [-0.25, -0.2) is 0 Å². The normalized spacial score (nSPS) is 14.4. The Balaban J connectivity index is 2.07. The van der Waals surface area contributed by atoms with Crippen molar-refractivity contribution in [1.82, 2.24) is 0 Å². The van der Waals surface area contributed by atoms with E-state index < -0.39 is 0 Å². The Morgan fingerprint density at radius 1 is 1.28 bits per heavy atom. The summed E-state index contributed by atoms with van der Waals surface area (Å²) in [7, 11) is 0. The number of benzene rings is 1. The third-order valence-electron chi connectivity index (χ3n) is 3.00. The number of carbonyl (C=O) groups excluding carboxylic acids is 1. The largest absolute Gasteiger partial charge is 0.371 e. The highest BCUT2D eigenvalue weighted by Crippen LogP contribution is 2.23. The van der Waals surface area contributed by atoms with E-state index >= 15 is 0 Å². The average Bonchev–Trinajstić information content (AvgIpc) is 2.81. The molecule has 3 nitrogen and oxygen atoms in total. The van der Waals surface area contributed by atoms with Gasteiger partial charge in [-0.15, -0.1) is 0 Å². The number of allylic oxidation sites excluding steroid dienone is 1. The number of hydrogen-bond acceptors (Lipinski definition) is 2. The molecule has 0 bridgehead atoms. The lowest BCUT2D eigenvalue weighted by Gasteiger charge is -2.18. The van der Waals surface area contributed by atoms with Gasteiger partial charge in [0.15, 0.2) is 0 Å². The zero-order valence-electron chi connectivity index (χ0n) is 11.1. The van der Waals surface area contributed by atoms with Crippen molar-refractivity contribution in [2.45, 2.75) is 26.7 Å². The van der Waals surface area contributed by atoms with Crippen LogP contribution in [0.5, 0.6) is 0 Å². The number of hydrogen-bond donors (Lipinski definition) is 1. The molecule has 1 amide bonds. The second kappa shape index (κ2) is 5.71. The lowest BCUT2D eigenvalue weighted by molar-refractivity contribution is -0.111. The molecule has 1 fully saturated rings. The molecule has 1 aliphatic heterocycles. The first-order valence-corrected chi connectivity index (χ1v) is 6.46. The van der Waals surface area contributed by atoms with Crippen molar-refractivity contribution in [2.75, 3.05) is 23.3 Å². The minimum Gasteiger partial charge on any atom is -0.371 e. The fourth-order valence-corrected chi connectivity index (χ4v) is 2.20. The summed E-state index contributed by atoms with van der Waals surface area (Å²) in [5.41, 5.74) is 3.06. The van der Waals surface area contributed by atoms with Gasteiger partial charge in [0, 0.05) is 30.5 Å². The monoisotopic (exact) mass is 244 g/mol. The molecule has 2 rings (SSSR count). The molecule has 0 radical (unpaired) electrons. The van der Waals surface area contributed by atoms with Gasteiger partial charge in [-0.3, -0.25) is 4.79 Å². The minimum absolute atomic E-state index is 0.0615. The van der Waals surface area contributed by atoms with E-state index in [9.17, 15) is 4.79 Å². The van der Waals surface area contributed by atoms with Crippen molar-refractivity contribution in [2.24, 2.45) is 0 Å². The Hall–Kier alpha value is -1.77. The molecule has 0 unspecified atom stereocenters. The Kier molecular flexibility index (Phi) is 4.03. The zero-order chi connectivity index (χ0) is 13.0. The van der Waals surface area contributed by atoms with Crippen molar-refractivity contribution >= 4 is 17.3 Å². The van der Waals surface area contributed by atoms with E-state index in [0.29, 0.717) is 0 Å². The molecule has 1 aliphatic rings. The first-order valence-electron chi connectivity index (χ1n) is 6.46. The van der Waals surface area contributed by atoms with Crippen LogP contribution in [0.25, 0.3) is 0 Å². The van der Waals surface area contributed by atoms with Crippen molar-refractivity contribution in [1.29, 1.82) is 0 Å². The Bertz CT molecular complexity index is 455. The summed E-state index contributed by atoms with van der Waals surface area (Å²) in [6, 6.07) is 8.06. The minimum atomic E-state index is -0.0615. The first kappa shape index (κ1) is 12.7. The molecule has 96 valence electrons. The van der Waals surface area contributed by atoms with E-state index in [1.165, 1.54) is 18.5 Å². The van der Waals surface area contributed by atoms with Gasteiger partial charge in [-0.2, -0.15) is 0 Å². The number of anilines is 2. The number of rotatable bonds is 3. The molecule has 1 N–H and O–H groups in total. The lowest BCUT2D eigenvalue weighted by atomic mass is 10.2. The van der Waals surface area contributed by atoms with E-state index in [2.05, 4.69) is 16.3 Å². The van der Waals surface area contributed by atoms with E-state index in [1.54, 1.807) is 6.08 Å². The highest BCUT2D eigenvalue weighted by molar-refractivity contribution is 5.99. The quantitative estimate of drug-likeness (QED) is 0.828. The van der Waals surface area contributed by atoms with Crippen LogP contribution < -0.4 is 10.2 Å². The van der Waals surface area contributed by atoms with Crippen LogP contribution >= 0.6 is 0 Å². The summed E-state index contributed by atoms with van der Waals surface area (Å²) < 4.78 is 0. The van der Waals surface area contributed by atoms with Crippen LogP contribution in [0, 0.1) is 0 Å². The number of amides is 1. The van der Waals surface area contributed by atoms with Gasteiger partial charge >= 0.3 is 0 Å². The summed E-state index contributed by atoms with van der Waals surface area (Å²) in [6.07, 6.45) is 4.13. The van der Waals surface area contributed by atoms with Crippen LogP contribution in [-0.4, -0.2) is 19.0 Å². The van der Waals surface area contributed by atoms with Gasteiger partial charge in [-0.1, -0.05) is 11.6 Å². The second-order valence-electron chi connectivity index (χ2n) is 4.96. The zero-order valence-corrected chi connectivity index (χ0v) is 11.1. The number of nitrogens with zero attached hydrogens (tertiary/aromatic N) is 1. The second-order valence-corrected chi connectivity index (χ2v) is 4.96. The summed E-state index contributed by atoms with van der Waals surface area (Å²) in [5, 5.41) is 2.90. The maximum absolute atomic E-state index is 11.7. The molecule has 3 heteroatoms. The van der Waals surface area contributed by atoms with Crippen LogP contribution in [0.15, 0.2) is 35.9 Å². The SMILES string of the molecule is CC(C)=CC(=O)Nc1cccc(N2CCCC2)c1. The van der Waals surface area contributed by atoms with Crippen molar-refractivity contribution in [3.05, 3.63) is 35.9 Å². The predicted molar refractivity (Wildman–Crippen MR) is 75.9 cm³/mol. The molecule has 0 aromatic heterocycles. The fourth-order valence-electron chi connectivity index (χ4n) is 2.20. The third kappa shape index (κ3) is 3.36. The summed E-state index contributed by atoms with van der Waals surface area (Å²) in [6.45, 7) is 6.07. The molecule has 1 aromatic carbocycles. The van der Waals surface area contributed by atoms with Crippen LogP contribution in [0.1, 0.15) is 26.7 Å². The van der Waals surface area contributed by atoms with E-state index in [0.717, 1.165) is 24.4 Å². The number of nitrogens with one attached hydrogen (secondary N) is 1. The summed E-state index contributed by atoms with van der Waals surface area (Å²) in [5.74, 6) is -0.0615. The van der Waals surface area contributed by atoms with Gasteiger partial charge in [-0.05, 0) is 44.9 Å². The average molecular weight is 244 g/mol. The standard InChI is InChI=1S/C15H20N2O/c1-12(2)10-15(18)16-13-6-5-7-14(11-13)17-8-3-4-9-17/h5-7,10-11H,3-4,8-9H2,1-2H3,(H,16,18). The smallest absolute Gasteiger partial charge is 0.248 e. The van der Waals surface area contributed by atoms with Crippen LogP contribution in [0.2, 0.25) is 0 Å². The van der Waals surface area contributed by atoms with Gasteiger partial charge in [0.25, 0.3) is 0 Å². The highest BCUT2D eigenvalue weighted by Gasteiger charge is 2.12. The summed E-state index contributed by atoms with van der Waals surface area (Å²) >= 11 is 0. The van der Waals surface area contributed by atoms with E-state index in [-0.39, 0.29) is 5.91 Å². The Labute approximate surface area is 108 Å². The maximum atomic E-state index is 11.7. The van der Waals surface area contributed by atoms with Gasteiger partial charge in [0.2, 0.25) is 5.91 Å². The maximum Gasteiger partial charge on any atom is 0.248 e. The fraction of sp³-hybridized carbons (Fsp3) is 0.400. The molecule has 1 heterocycles. The molecule has 0 atom stereocenters. The first-order chi connectivity index (χ1) is 8.65. The van der Waals surface area contributed by atoms with Crippen molar-refractivity contribution in [3.8, 4) is 0 Å². The van der Waals surface area contributed by atoms with Crippen molar-refractivity contribution < 1.29 is 4.79 Å². The van der Waals surface area contributed by atoms with Crippen LogP contribution in [-0.2, 0) is 4.79 Å². The van der Waals surface area contributed by atoms with E-state index in [4.69, 9.17) is 0 Å².